The minimum atomic E-state index is -0.727. The van der Waals surface area contributed by atoms with Crippen molar-refractivity contribution in [3.8, 4) is 0 Å². The molecule has 1 fully saturated rings. The van der Waals surface area contributed by atoms with E-state index >= 15 is 0 Å². The van der Waals surface area contributed by atoms with E-state index in [1.165, 1.54) is 0 Å². The second kappa shape index (κ2) is 3.03. The summed E-state index contributed by atoms with van der Waals surface area (Å²) in [6.45, 7) is 0.912. The summed E-state index contributed by atoms with van der Waals surface area (Å²) in [6.07, 6.45) is 1.78. The van der Waals surface area contributed by atoms with Gasteiger partial charge in [0.15, 0.2) is 6.23 Å². The summed E-state index contributed by atoms with van der Waals surface area (Å²) < 4.78 is 4.63. The first-order valence-electron chi connectivity index (χ1n) is 2.88. The average Bonchev–Trinajstić information content (AvgIpc) is 2.15. The summed E-state index contributed by atoms with van der Waals surface area (Å²) in [6, 6.07) is 0. The van der Waals surface area contributed by atoms with Crippen LogP contribution < -0.4 is 5.32 Å². The number of hydrogen-bond donors (Lipinski definition) is 1. The second-order valence-electron chi connectivity index (χ2n) is 1.94. The Morgan fingerprint density at radius 1 is 1.78 bits per heavy atom. The van der Waals surface area contributed by atoms with E-state index < -0.39 is 5.43 Å². The monoisotopic (exact) mass is 149 g/mol. The van der Waals surface area contributed by atoms with Crippen LogP contribution in [-0.2, 0) is 4.74 Å². The number of rotatable bonds is 1. The van der Waals surface area contributed by atoms with Gasteiger partial charge in [0.1, 0.15) is 0 Å². The first-order chi connectivity index (χ1) is 4.29. The maximum absolute atomic E-state index is 10.1. The molecule has 1 heterocycles. The molecule has 0 saturated carbocycles. The van der Waals surface area contributed by atoms with Crippen LogP contribution in [0.3, 0.4) is 0 Å². The molecule has 4 heteroatoms. The molecular formula is C5H8ClNO2. The van der Waals surface area contributed by atoms with Crippen molar-refractivity contribution in [1.29, 1.82) is 0 Å². The standard InChI is InChI=1S/C5H8ClNO2/c6-5(8)9-4-2-1-3-7-4/h4,7H,1-3H2. The zero-order valence-electron chi connectivity index (χ0n) is 4.89. The van der Waals surface area contributed by atoms with E-state index in [0.717, 1.165) is 19.4 Å². The third kappa shape index (κ3) is 2.20. The van der Waals surface area contributed by atoms with Crippen LogP contribution in [0, 0.1) is 0 Å². The number of nitrogens with one attached hydrogen (secondary N) is 1. The van der Waals surface area contributed by atoms with Crippen molar-refractivity contribution in [3.05, 3.63) is 0 Å². The van der Waals surface area contributed by atoms with Crippen molar-refractivity contribution >= 4 is 17.0 Å². The molecule has 1 saturated heterocycles. The van der Waals surface area contributed by atoms with E-state index in [-0.39, 0.29) is 6.23 Å². The lowest BCUT2D eigenvalue weighted by molar-refractivity contribution is 0.112. The highest BCUT2D eigenvalue weighted by molar-refractivity contribution is 6.61. The molecule has 9 heavy (non-hydrogen) atoms. The lowest BCUT2D eigenvalue weighted by atomic mass is 10.4. The Labute approximate surface area is 58.3 Å². The quantitative estimate of drug-likeness (QED) is 0.567. The first-order valence-corrected chi connectivity index (χ1v) is 3.26. The number of hydrogen-bond acceptors (Lipinski definition) is 3. The van der Waals surface area contributed by atoms with E-state index in [4.69, 9.17) is 11.6 Å². The van der Waals surface area contributed by atoms with Crippen LogP contribution in [0.4, 0.5) is 4.79 Å². The minimum Gasteiger partial charge on any atom is -0.435 e. The summed E-state index contributed by atoms with van der Waals surface area (Å²) in [5.74, 6) is 0. The molecule has 1 unspecified atom stereocenters. The van der Waals surface area contributed by atoms with Crippen molar-refractivity contribution in [2.45, 2.75) is 19.1 Å². The maximum atomic E-state index is 10.1. The van der Waals surface area contributed by atoms with Gasteiger partial charge in [0.25, 0.3) is 0 Å². The molecule has 0 amide bonds. The fraction of sp³-hybridized carbons (Fsp3) is 0.800. The number of ether oxygens (including phenoxy) is 1. The summed E-state index contributed by atoms with van der Waals surface area (Å²) in [7, 11) is 0. The van der Waals surface area contributed by atoms with Gasteiger partial charge in [-0.15, -0.1) is 0 Å². The third-order valence-corrected chi connectivity index (χ3v) is 1.34. The van der Waals surface area contributed by atoms with Crippen molar-refractivity contribution in [3.63, 3.8) is 0 Å². The van der Waals surface area contributed by atoms with Gasteiger partial charge in [-0.05, 0) is 19.4 Å². The van der Waals surface area contributed by atoms with Gasteiger partial charge in [0, 0.05) is 11.6 Å². The van der Waals surface area contributed by atoms with E-state index in [0.29, 0.717) is 0 Å². The van der Waals surface area contributed by atoms with Gasteiger partial charge in [-0.2, -0.15) is 0 Å². The zero-order chi connectivity index (χ0) is 6.69. The molecular weight excluding hydrogens is 142 g/mol. The van der Waals surface area contributed by atoms with Gasteiger partial charge in [0.2, 0.25) is 0 Å². The Hall–Kier alpha value is -0.280. The second-order valence-corrected chi connectivity index (χ2v) is 2.25. The van der Waals surface area contributed by atoms with Crippen molar-refractivity contribution in [2.24, 2.45) is 0 Å². The van der Waals surface area contributed by atoms with Gasteiger partial charge < -0.3 is 4.74 Å². The van der Waals surface area contributed by atoms with Crippen LogP contribution in [0.15, 0.2) is 0 Å². The number of halogens is 1. The average molecular weight is 150 g/mol. The molecule has 0 spiro atoms. The molecule has 0 aliphatic carbocycles. The zero-order valence-corrected chi connectivity index (χ0v) is 5.65. The van der Waals surface area contributed by atoms with Gasteiger partial charge >= 0.3 is 5.43 Å². The summed E-state index contributed by atoms with van der Waals surface area (Å²) in [4.78, 5) is 10.1. The van der Waals surface area contributed by atoms with Crippen LogP contribution in [0.5, 0.6) is 0 Å². The number of carbonyl (C=O) groups excluding carboxylic acids is 1. The Morgan fingerprint density at radius 3 is 3.00 bits per heavy atom. The van der Waals surface area contributed by atoms with Crippen molar-refractivity contribution in [2.75, 3.05) is 6.54 Å². The topological polar surface area (TPSA) is 38.3 Å². The molecule has 0 aromatic rings. The van der Waals surface area contributed by atoms with Crippen LogP contribution in [0.2, 0.25) is 0 Å². The molecule has 0 bridgehead atoms. The van der Waals surface area contributed by atoms with Gasteiger partial charge in [-0.3, -0.25) is 5.32 Å². The predicted octanol–water partition coefficient (Wildman–Crippen LogP) is 1.07. The Bertz CT molecular complexity index is 112. The van der Waals surface area contributed by atoms with Gasteiger partial charge in [-0.25, -0.2) is 4.79 Å². The molecule has 0 aromatic carbocycles. The van der Waals surface area contributed by atoms with Crippen molar-refractivity contribution < 1.29 is 9.53 Å². The fourth-order valence-electron chi connectivity index (χ4n) is 0.865. The highest BCUT2D eigenvalue weighted by atomic mass is 35.5. The molecule has 1 rings (SSSR count). The van der Waals surface area contributed by atoms with E-state index in [1.54, 1.807) is 0 Å². The molecule has 1 aliphatic rings. The van der Waals surface area contributed by atoms with Crippen LogP contribution in [0.1, 0.15) is 12.8 Å². The number of carbonyl (C=O) groups is 1. The summed E-state index contributed by atoms with van der Waals surface area (Å²) in [5, 5.41) is 2.96. The molecule has 1 N–H and O–H groups in total. The SMILES string of the molecule is O=C(Cl)OC1CCCN1. The highest BCUT2D eigenvalue weighted by Crippen LogP contribution is 2.07. The summed E-state index contributed by atoms with van der Waals surface area (Å²) in [5.41, 5.74) is -0.727. The lowest BCUT2D eigenvalue weighted by Crippen LogP contribution is -2.25. The maximum Gasteiger partial charge on any atom is 0.405 e. The Morgan fingerprint density at radius 2 is 2.56 bits per heavy atom. The van der Waals surface area contributed by atoms with E-state index in [1.807, 2.05) is 0 Å². The van der Waals surface area contributed by atoms with E-state index in [9.17, 15) is 4.79 Å². The Balaban J connectivity index is 2.19. The van der Waals surface area contributed by atoms with Gasteiger partial charge in [-0.1, -0.05) is 0 Å². The predicted molar refractivity (Wildman–Crippen MR) is 33.4 cm³/mol. The molecule has 3 nitrogen and oxygen atoms in total. The van der Waals surface area contributed by atoms with Crippen LogP contribution in [0.25, 0.3) is 0 Å². The summed E-state index contributed by atoms with van der Waals surface area (Å²) >= 11 is 4.96. The van der Waals surface area contributed by atoms with Gasteiger partial charge in [0.05, 0.1) is 0 Å². The third-order valence-electron chi connectivity index (χ3n) is 1.25. The molecule has 0 radical (unpaired) electrons. The van der Waals surface area contributed by atoms with Crippen molar-refractivity contribution in [1.82, 2.24) is 5.32 Å². The highest BCUT2D eigenvalue weighted by Gasteiger charge is 2.16. The molecule has 52 valence electrons. The normalized spacial score (nSPS) is 26.1. The van der Waals surface area contributed by atoms with Crippen LogP contribution in [-0.4, -0.2) is 18.2 Å². The fourth-order valence-corrected chi connectivity index (χ4v) is 0.973. The van der Waals surface area contributed by atoms with E-state index in [2.05, 4.69) is 10.1 Å². The van der Waals surface area contributed by atoms with Crippen LogP contribution >= 0.6 is 11.6 Å². The molecule has 0 aromatic heterocycles. The smallest absolute Gasteiger partial charge is 0.405 e. The minimum absolute atomic E-state index is 0.144. The molecule has 1 atom stereocenters. The largest absolute Gasteiger partial charge is 0.435 e. The first kappa shape index (κ1) is 6.83. The Kier molecular flexibility index (Phi) is 2.30. The molecule has 1 aliphatic heterocycles. The lowest BCUT2D eigenvalue weighted by Gasteiger charge is -2.07.